The Hall–Kier alpha value is -3.20. The number of rotatable bonds is 10. The van der Waals surface area contributed by atoms with Crippen LogP contribution in [0.3, 0.4) is 0 Å². The molecule has 0 aliphatic heterocycles. The van der Waals surface area contributed by atoms with Gasteiger partial charge < -0.3 is 4.74 Å². The molecule has 0 saturated carbocycles. The second-order valence-corrected chi connectivity index (χ2v) is 9.55. The van der Waals surface area contributed by atoms with Gasteiger partial charge in [-0.3, -0.25) is 0 Å². The van der Waals surface area contributed by atoms with Crippen LogP contribution in [0.5, 0.6) is 5.75 Å². The lowest BCUT2D eigenvalue weighted by molar-refractivity contribution is 0.314. The van der Waals surface area contributed by atoms with Crippen molar-refractivity contribution in [2.75, 3.05) is 6.61 Å². The van der Waals surface area contributed by atoms with Gasteiger partial charge in [0.2, 0.25) is 5.82 Å². The number of aryl methyl sites for hydroxylation is 2. The molecular formula is C33H36F2O. The molecule has 0 aromatic heterocycles. The third-order valence-corrected chi connectivity index (χ3v) is 6.93. The third-order valence-electron chi connectivity index (χ3n) is 6.93. The third kappa shape index (κ3) is 6.51. The Kier molecular flexibility index (Phi) is 9.11. The first-order chi connectivity index (χ1) is 17.6. The van der Waals surface area contributed by atoms with Crippen molar-refractivity contribution in [3.63, 3.8) is 0 Å². The summed E-state index contributed by atoms with van der Waals surface area (Å²) in [7, 11) is 0. The Morgan fingerprint density at radius 3 is 2.17 bits per heavy atom. The highest BCUT2D eigenvalue weighted by Gasteiger charge is 2.17. The SMILES string of the molecule is CCCc1ccc(CC/C=C/C2CC=C(c3ccc(-c4ccc(OCC)c(F)c4F)cc3)CC2)cc1. The zero-order valence-corrected chi connectivity index (χ0v) is 21.4. The van der Waals surface area contributed by atoms with Crippen LogP contribution in [0.15, 0.2) is 78.9 Å². The Balaban J connectivity index is 1.30. The molecule has 0 bridgehead atoms. The molecule has 0 fully saturated rings. The largest absolute Gasteiger partial charge is 0.491 e. The predicted octanol–water partition coefficient (Wildman–Crippen LogP) is 9.36. The molecule has 0 radical (unpaired) electrons. The van der Waals surface area contributed by atoms with Crippen LogP contribution in [0, 0.1) is 17.6 Å². The minimum Gasteiger partial charge on any atom is -0.491 e. The molecule has 1 aliphatic carbocycles. The summed E-state index contributed by atoms with van der Waals surface area (Å²) in [6.07, 6.45) is 14.8. The van der Waals surface area contributed by atoms with E-state index in [-0.39, 0.29) is 11.3 Å². The van der Waals surface area contributed by atoms with Crippen molar-refractivity contribution in [1.29, 1.82) is 0 Å². The Bertz CT molecular complexity index is 1190. The summed E-state index contributed by atoms with van der Waals surface area (Å²) in [6, 6.07) is 19.9. The second-order valence-electron chi connectivity index (χ2n) is 9.55. The fourth-order valence-corrected chi connectivity index (χ4v) is 4.88. The molecule has 3 heteroatoms. The second kappa shape index (κ2) is 12.7. The number of allylic oxidation sites excluding steroid dienone is 4. The van der Waals surface area contributed by atoms with Crippen molar-refractivity contribution in [3.05, 3.63) is 107 Å². The molecule has 0 spiro atoms. The molecule has 1 unspecified atom stereocenters. The van der Waals surface area contributed by atoms with Gasteiger partial charge in [0.15, 0.2) is 11.6 Å². The van der Waals surface area contributed by atoms with E-state index in [1.807, 2.05) is 24.3 Å². The molecule has 0 heterocycles. The van der Waals surface area contributed by atoms with E-state index in [9.17, 15) is 8.78 Å². The van der Waals surface area contributed by atoms with E-state index in [0.29, 0.717) is 18.1 Å². The lowest BCUT2D eigenvalue weighted by Gasteiger charge is -2.20. The van der Waals surface area contributed by atoms with Gasteiger partial charge >= 0.3 is 0 Å². The highest BCUT2D eigenvalue weighted by Crippen LogP contribution is 2.34. The van der Waals surface area contributed by atoms with E-state index in [1.54, 1.807) is 13.0 Å². The molecule has 188 valence electrons. The van der Waals surface area contributed by atoms with Crippen LogP contribution < -0.4 is 4.74 Å². The van der Waals surface area contributed by atoms with Crippen LogP contribution >= 0.6 is 0 Å². The number of halogens is 2. The molecule has 4 rings (SSSR count). The lowest BCUT2D eigenvalue weighted by atomic mass is 9.86. The molecule has 36 heavy (non-hydrogen) atoms. The molecular weight excluding hydrogens is 450 g/mol. The molecule has 1 aliphatic rings. The van der Waals surface area contributed by atoms with Gasteiger partial charge in [-0.2, -0.15) is 4.39 Å². The summed E-state index contributed by atoms with van der Waals surface area (Å²) in [6.45, 7) is 4.26. The van der Waals surface area contributed by atoms with Crippen LogP contribution in [0.2, 0.25) is 0 Å². The first-order valence-corrected chi connectivity index (χ1v) is 13.2. The summed E-state index contributed by atoms with van der Waals surface area (Å²) in [4.78, 5) is 0. The minimum absolute atomic E-state index is 0.0487. The Labute approximate surface area is 214 Å². The first-order valence-electron chi connectivity index (χ1n) is 13.2. The van der Waals surface area contributed by atoms with Crippen molar-refractivity contribution >= 4 is 5.57 Å². The molecule has 3 aromatic rings. The maximum absolute atomic E-state index is 14.6. The normalized spacial score (nSPS) is 15.8. The lowest BCUT2D eigenvalue weighted by Crippen LogP contribution is -2.03. The predicted molar refractivity (Wildman–Crippen MR) is 146 cm³/mol. The van der Waals surface area contributed by atoms with Crippen molar-refractivity contribution in [3.8, 4) is 16.9 Å². The summed E-state index contributed by atoms with van der Waals surface area (Å²) >= 11 is 0. The minimum atomic E-state index is -0.933. The zero-order chi connectivity index (χ0) is 25.3. The summed E-state index contributed by atoms with van der Waals surface area (Å²) in [5.41, 5.74) is 6.23. The van der Waals surface area contributed by atoms with E-state index < -0.39 is 11.6 Å². The average Bonchev–Trinajstić information content (AvgIpc) is 2.91. The summed E-state index contributed by atoms with van der Waals surface area (Å²) in [5.74, 6) is -1.26. The van der Waals surface area contributed by atoms with Gasteiger partial charge in [0.1, 0.15) is 0 Å². The van der Waals surface area contributed by atoms with Crippen molar-refractivity contribution < 1.29 is 13.5 Å². The van der Waals surface area contributed by atoms with Gasteiger partial charge in [0.05, 0.1) is 6.61 Å². The molecule has 0 amide bonds. The monoisotopic (exact) mass is 486 g/mol. The smallest absolute Gasteiger partial charge is 0.201 e. The fourth-order valence-electron chi connectivity index (χ4n) is 4.88. The van der Waals surface area contributed by atoms with E-state index in [0.717, 1.165) is 44.1 Å². The van der Waals surface area contributed by atoms with Gasteiger partial charge in [-0.1, -0.05) is 80.1 Å². The van der Waals surface area contributed by atoms with Crippen molar-refractivity contribution in [2.45, 2.75) is 58.8 Å². The van der Waals surface area contributed by atoms with Crippen LogP contribution in [-0.2, 0) is 12.8 Å². The van der Waals surface area contributed by atoms with Crippen molar-refractivity contribution in [2.24, 2.45) is 5.92 Å². The number of hydrogen-bond donors (Lipinski definition) is 0. The Morgan fingerprint density at radius 2 is 1.53 bits per heavy atom. The van der Waals surface area contributed by atoms with E-state index in [2.05, 4.69) is 49.4 Å². The van der Waals surface area contributed by atoms with Crippen molar-refractivity contribution in [1.82, 2.24) is 0 Å². The number of hydrogen-bond acceptors (Lipinski definition) is 1. The number of benzene rings is 3. The Morgan fingerprint density at radius 1 is 0.833 bits per heavy atom. The molecule has 1 nitrogen and oxygen atoms in total. The fraction of sp³-hybridized carbons (Fsp3) is 0.333. The van der Waals surface area contributed by atoms with Gasteiger partial charge in [0.25, 0.3) is 0 Å². The van der Waals surface area contributed by atoms with E-state index in [1.165, 1.54) is 29.2 Å². The number of ether oxygens (including phenoxy) is 1. The zero-order valence-electron chi connectivity index (χ0n) is 21.4. The highest BCUT2D eigenvalue weighted by molar-refractivity contribution is 5.71. The summed E-state index contributed by atoms with van der Waals surface area (Å²) in [5, 5.41) is 0. The van der Waals surface area contributed by atoms with Gasteiger partial charge in [-0.25, -0.2) is 4.39 Å². The first kappa shape index (κ1) is 25.9. The van der Waals surface area contributed by atoms with Gasteiger partial charge in [-0.05, 0) is 91.3 Å². The van der Waals surface area contributed by atoms with Gasteiger partial charge in [-0.15, -0.1) is 0 Å². The van der Waals surface area contributed by atoms with Crippen LogP contribution in [-0.4, -0.2) is 6.61 Å². The van der Waals surface area contributed by atoms with Crippen LogP contribution in [0.25, 0.3) is 16.7 Å². The summed E-state index contributed by atoms with van der Waals surface area (Å²) < 4.78 is 34.0. The highest BCUT2D eigenvalue weighted by atomic mass is 19.2. The van der Waals surface area contributed by atoms with Crippen LogP contribution in [0.1, 0.15) is 62.6 Å². The average molecular weight is 487 g/mol. The van der Waals surface area contributed by atoms with Crippen LogP contribution in [0.4, 0.5) is 8.78 Å². The quantitative estimate of drug-likeness (QED) is 0.259. The maximum atomic E-state index is 14.6. The standard InChI is InChI=1S/C33H36F2O/c1-3-7-24-10-12-25(13-11-24)8-5-6-9-26-14-16-27(17-15-26)28-18-20-29(21-19-28)30-22-23-31(36-4-2)33(35)32(30)34/h6,9-13,16,18-23,26H,3-5,7-8,14-15,17H2,1-2H3/b9-6+. The van der Waals surface area contributed by atoms with E-state index in [4.69, 9.17) is 4.74 Å². The molecule has 1 atom stereocenters. The maximum Gasteiger partial charge on any atom is 0.201 e. The molecule has 0 saturated heterocycles. The molecule has 0 N–H and O–H groups in total. The van der Waals surface area contributed by atoms with Gasteiger partial charge in [0, 0.05) is 5.56 Å². The van der Waals surface area contributed by atoms with E-state index >= 15 is 0 Å². The molecule has 3 aromatic carbocycles. The topological polar surface area (TPSA) is 9.23 Å².